The van der Waals surface area contributed by atoms with Crippen LogP contribution >= 0.6 is 34.2 Å². The van der Waals surface area contributed by atoms with Gasteiger partial charge in [-0.3, -0.25) is 4.79 Å². The van der Waals surface area contributed by atoms with Crippen LogP contribution in [0.15, 0.2) is 18.2 Å². The lowest BCUT2D eigenvalue weighted by Crippen LogP contribution is -2.37. The molecule has 0 radical (unpaired) electrons. The van der Waals surface area contributed by atoms with Crippen LogP contribution < -0.4 is 5.32 Å². The lowest BCUT2D eigenvalue weighted by molar-refractivity contribution is -0.129. The number of nitrogens with zero attached hydrogens (tertiary/aromatic N) is 1. The third kappa shape index (κ3) is 3.51. The Labute approximate surface area is 126 Å². The Kier molecular flexibility index (Phi) is 4.72. The Bertz CT molecular complexity index is 449. The fraction of sp³-hybridized carbons (Fsp3) is 0.462. The second kappa shape index (κ2) is 6.10. The lowest BCUT2D eigenvalue weighted by atomic mass is 10.3. The monoisotopic (exact) mass is 378 g/mol. The Morgan fingerprint density at radius 1 is 1.56 bits per heavy atom. The number of halogens is 2. The van der Waals surface area contributed by atoms with Crippen LogP contribution in [0, 0.1) is 3.57 Å². The van der Waals surface area contributed by atoms with E-state index in [1.54, 1.807) is 0 Å². The van der Waals surface area contributed by atoms with E-state index in [1.807, 2.05) is 30.0 Å². The maximum Gasteiger partial charge on any atom is 0.242 e. The quantitative estimate of drug-likeness (QED) is 0.797. The molecule has 0 unspecified atom stereocenters. The highest BCUT2D eigenvalue weighted by Gasteiger charge is 2.30. The molecule has 1 aliphatic rings. The van der Waals surface area contributed by atoms with Crippen LogP contribution in [0.2, 0.25) is 5.02 Å². The van der Waals surface area contributed by atoms with E-state index >= 15 is 0 Å². The molecule has 2 rings (SSSR count). The molecule has 0 spiro atoms. The Hall–Kier alpha value is -0.490. The van der Waals surface area contributed by atoms with Gasteiger partial charge in [0.2, 0.25) is 5.91 Å². The molecule has 0 aliphatic heterocycles. The normalized spacial score (nSPS) is 14.4. The number of nitrogens with one attached hydrogen (secondary N) is 1. The van der Waals surface area contributed by atoms with Crippen LogP contribution in [0.25, 0.3) is 0 Å². The standard InChI is InChI=1S/C13H16ClIN2O/c1-2-17(10-4-5-10)13(18)8-16-12-6-3-9(15)7-11(12)14/h3,6-7,10,16H,2,4-5,8H2,1H3. The third-order valence-electron chi connectivity index (χ3n) is 3.01. The van der Waals surface area contributed by atoms with Crippen molar-refractivity contribution in [3.63, 3.8) is 0 Å². The van der Waals surface area contributed by atoms with E-state index in [0.717, 1.165) is 28.6 Å². The highest BCUT2D eigenvalue weighted by Crippen LogP contribution is 2.27. The number of benzene rings is 1. The Morgan fingerprint density at radius 2 is 2.28 bits per heavy atom. The van der Waals surface area contributed by atoms with Gasteiger partial charge in [0.05, 0.1) is 17.3 Å². The highest BCUT2D eigenvalue weighted by atomic mass is 127. The van der Waals surface area contributed by atoms with E-state index in [2.05, 4.69) is 27.9 Å². The molecule has 1 aliphatic carbocycles. The maximum absolute atomic E-state index is 12.0. The first-order valence-corrected chi connectivity index (χ1v) is 7.56. The van der Waals surface area contributed by atoms with Gasteiger partial charge < -0.3 is 10.2 Å². The number of anilines is 1. The second-order valence-corrected chi connectivity index (χ2v) is 6.04. The number of carbonyl (C=O) groups excluding carboxylic acids is 1. The van der Waals surface area contributed by atoms with Crippen LogP contribution in [0.4, 0.5) is 5.69 Å². The van der Waals surface area contributed by atoms with Crippen molar-refractivity contribution in [2.24, 2.45) is 0 Å². The number of rotatable bonds is 5. The van der Waals surface area contributed by atoms with Crippen LogP contribution in [0.1, 0.15) is 19.8 Å². The molecule has 1 aromatic rings. The predicted octanol–water partition coefficient (Wildman–Crippen LogP) is 3.37. The van der Waals surface area contributed by atoms with E-state index < -0.39 is 0 Å². The second-order valence-electron chi connectivity index (χ2n) is 4.39. The molecule has 1 aromatic carbocycles. The minimum atomic E-state index is 0.148. The molecule has 0 bridgehead atoms. The molecule has 1 amide bonds. The van der Waals surface area contributed by atoms with Gasteiger partial charge in [-0.1, -0.05) is 11.6 Å². The number of carbonyl (C=O) groups is 1. The minimum absolute atomic E-state index is 0.148. The molecule has 1 saturated carbocycles. The average molecular weight is 379 g/mol. The fourth-order valence-corrected chi connectivity index (χ4v) is 2.85. The summed E-state index contributed by atoms with van der Waals surface area (Å²) < 4.78 is 1.09. The molecule has 5 heteroatoms. The molecule has 98 valence electrons. The zero-order chi connectivity index (χ0) is 13.1. The lowest BCUT2D eigenvalue weighted by Gasteiger charge is -2.21. The van der Waals surface area contributed by atoms with Crippen LogP contribution in [0.3, 0.4) is 0 Å². The van der Waals surface area contributed by atoms with Crippen molar-refractivity contribution in [1.29, 1.82) is 0 Å². The van der Waals surface area contributed by atoms with Gasteiger partial charge in [0.1, 0.15) is 0 Å². The van der Waals surface area contributed by atoms with E-state index in [0.29, 0.717) is 17.6 Å². The number of hydrogen-bond acceptors (Lipinski definition) is 2. The smallest absolute Gasteiger partial charge is 0.242 e. The van der Waals surface area contributed by atoms with E-state index in [4.69, 9.17) is 11.6 Å². The zero-order valence-corrected chi connectivity index (χ0v) is 13.2. The summed E-state index contributed by atoms with van der Waals surface area (Å²) in [6.07, 6.45) is 2.29. The van der Waals surface area contributed by atoms with Gasteiger partial charge in [-0.15, -0.1) is 0 Å². The largest absolute Gasteiger partial charge is 0.375 e. The first-order valence-electron chi connectivity index (χ1n) is 6.10. The van der Waals surface area contributed by atoms with Crippen molar-refractivity contribution >= 4 is 45.8 Å². The van der Waals surface area contributed by atoms with Gasteiger partial charge in [-0.05, 0) is 60.6 Å². The maximum atomic E-state index is 12.0. The SMILES string of the molecule is CCN(C(=O)CNc1ccc(I)cc1Cl)C1CC1. The van der Waals surface area contributed by atoms with Crippen molar-refractivity contribution in [2.75, 3.05) is 18.4 Å². The van der Waals surface area contributed by atoms with Crippen molar-refractivity contribution in [2.45, 2.75) is 25.8 Å². The summed E-state index contributed by atoms with van der Waals surface area (Å²) in [6, 6.07) is 6.23. The first-order chi connectivity index (χ1) is 8.61. The molecule has 1 fully saturated rings. The van der Waals surface area contributed by atoms with Crippen molar-refractivity contribution in [3.8, 4) is 0 Å². The number of likely N-dealkylation sites (N-methyl/N-ethyl adjacent to an activating group) is 1. The molecule has 0 atom stereocenters. The number of hydrogen-bond donors (Lipinski definition) is 1. The topological polar surface area (TPSA) is 32.3 Å². The summed E-state index contributed by atoms with van der Waals surface area (Å²) in [5.41, 5.74) is 0.817. The third-order valence-corrected chi connectivity index (χ3v) is 3.99. The van der Waals surface area contributed by atoms with E-state index in [9.17, 15) is 4.79 Å². The molecular weight excluding hydrogens is 363 g/mol. The van der Waals surface area contributed by atoms with Gasteiger partial charge in [-0.2, -0.15) is 0 Å². The highest BCUT2D eigenvalue weighted by molar-refractivity contribution is 14.1. The zero-order valence-electron chi connectivity index (χ0n) is 10.2. The molecule has 18 heavy (non-hydrogen) atoms. The summed E-state index contributed by atoms with van der Waals surface area (Å²) >= 11 is 8.32. The first kappa shape index (κ1) is 13.9. The summed E-state index contributed by atoms with van der Waals surface area (Å²) in [4.78, 5) is 14.0. The van der Waals surface area contributed by atoms with E-state index in [-0.39, 0.29) is 5.91 Å². The van der Waals surface area contributed by atoms with Crippen LogP contribution in [-0.4, -0.2) is 29.9 Å². The van der Waals surface area contributed by atoms with Crippen molar-refractivity contribution < 1.29 is 4.79 Å². The van der Waals surface area contributed by atoms with Crippen molar-refractivity contribution in [3.05, 3.63) is 26.8 Å². The number of amides is 1. The predicted molar refractivity (Wildman–Crippen MR) is 83.1 cm³/mol. The Morgan fingerprint density at radius 3 is 2.83 bits per heavy atom. The molecular formula is C13H16ClIN2O. The average Bonchev–Trinajstić information content (AvgIpc) is 3.13. The molecule has 0 saturated heterocycles. The van der Waals surface area contributed by atoms with E-state index in [1.165, 1.54) is 0 Å². The molecule has 1 N–H and O–H groups in total. The molecule has 0 aromatic heterocycles. The summed E-state index contributed by atoms with van der Waals surface area (Å²) in [5, 5.41) is 3.77. The van der Waals surface area contributed by atoms with Gasteiger partial charge >= 0.3 is 0 Å². The van der Waals surface area contributed by atoms with Gasteiger partial charge in [0.25, 0.3) is 0 Å². The van der Waals surface area contributed by atoms with Gasteiger partial charge in [0.15, 0.2) is 0 Å². The summed E-state index contributed by atoms with van der Waals surface area (Å²) in [7, 11) is 0. The summed E-state index contributed by atoms with van der Waals surface area (Å²) in [6.45, 7) is 3.12. The molecule has 3 nitrogen and oxygen atoms in total. The summed E-state index contributed by atoms with van der Waals surface area (Å²) in [5.74, 6) is 0.148. The van der Waals surface area contributed by atoms with Gasteiger partial charge in [0, 0.05) is 16.2 Å². The Balaban J connectivity index is 1.92. The minimum Gasteiger partial charge on any atom is -0.375 e. The van der Waals surface area contributed by atoms with Crippen LogP contribution in [-0.2, 0) is 4.79 Å². The molecule has 0 heterocycles. The fourth-order valence-electron chi connectivity index (χ4n) is 1.93. The van der Waals surface area contributed by atoms with Gasteiger partial charge in [-0.25, -0.2) is 0 Å². The van der Waals surface area contributed by atoms with Crippen molar-refractivity contribution in [1.82, 2.24) is 4.90 Å². The van der Waals surface area contributed by atoms with Crippen LogP contribution in [0.5, 0.6) is 0 Å².